The average molecular weight is 742 g/mol. The van der Waals surface area contributed by atoms with Crippen molar-refractivity contribution >= 4 is 22.7 Å². The van der Waals surface area contributed by atoms with Gasteiger partial charge >= 0.3 is 5.69 Å². The van der Waals surface area contributed by atoms with Gasteiger partial charge in [-0.3, -0.25) is 19.7 Å². The van der Waals surface area contributed by atoms with Gasteiger partial charge in [0.25, 0.3) is 5.69 Å². The molecule has 0 saturated carbocycles. The van der Waals surface area contributed by atoms with E-state index in [-0.39, 0.29) is 41.3 Å². The summed E-state index contributed by atoms with van der Waals surface area (Å²) in [4.78, 5) is 34.3. The van der Waals surface area contributed by atoms with Crippen LogP contribution in [0.1, 0.15) is 64.8 Å². The molecule has 54 heavy (non-hydrogen) atoms. The van der Waals surface area contributed by atoms with E-state index in [0.717, 1.165) is 58.5 Å². The summed E-state index contributed by atoms with van der Waals surface area (Å²) in [5.74, 6) is 0.676. The lowest BCUT2D eigenvalue weighted by molar-refractivity contribution is -0.384. The normalized spacial score (nSPS) is 12.1. The van der Waals surface area contributed by atoms with Crippen LogP contribution >= 0.6 is 0 Å². The van der Waals surface area contributed by atoms with Crippen LogP contribution in [0.2, 0.25) is 0 Å². The van der Waals surface area contributed by atoms with Crippen molar-refractivity contribution in [2.24, 2.45) is 22.2 Å². The lowest BCUT2D eigenvalue weighted by atomic mass is 9.85. The smallest absolute Gasteiger partial charge is 0.354 e. The molecular weight excluding hydrogens is 689 g/mol. The highest BCUT2D eigenvalue weighted by atomic mass is 19.1. The summed E-state index contributed by atoms with van der Waals surface area (Å²) >= 11 is 0. The standard InChI is InChI=1S/C21H29N7O.C19H23FN2O3/c1-21(2,3)17-11-15-13-28(20(29)27-18(15)26-17)16-7-5-14(6-8-16)12-24-9-4-10-25-19(22)23;1-19(2,3)15-8-14(9-18(10-15)25-12-16(20)11-21)13-4-6-17(7-5-13)22(23)24/h5-8,11,13,24H,4,9-10,12H2,1-3H3,(H4,22,23,25)(H,26,27,29);4-10,16H,11-12,21H2,1-3H3/t;16-/m.1/s1. The predicted octanol–water partition coefficient (Wildman–Crippen LogP) is 6.00. The second-order valence-corrected chi connectivity index (χ2v) is 15.1. The maximum atomic E-state index is 13.4. The predicted molar refractivity (Wildman–Crippen MR) is 214 cm³/mol. The summed E-state index contributed by atoms with van der Waals surface area (Å²) in [6, 6.07) is 22.0. The minimum atomic E-state index is -1.22. The number of H-pyrrole nitrogens is 1. The van der Waals surface area contributed by atoms with Crippen molar-refractivity contribution < 1.29 is 14.1 Å². The number of guanidine groups is 1. The quantitative estimate of drug-likeness (QED) is 0.0315. The largest absolute Gasteiger partial charge is 0.490 e. The van der Waals surface area contributed by atoms with E-state index in [9.17, 15) is 19.3 Å². The molecule has 0 aliphatic heterocycles. The van der Waals surface area contributed by atoms with Crippen LogP contribution in [0, 0.1) is 10.1 Å². The summed E-state index contributed by atoms with van der Waals surface area (Å²) < 4.78 is 20.5. The van der Waals surface area contributed by atoms with Crippen molar-refractivity contribution in [3.05, 3.63) is 116 Å². The molecule has 14 heteroatoms. The Morgan fingerprint density at radius 2 is 1.69 bits per heavy atom. The average Bonchev–Trinajstić information content (AvgIpc) is 3.55. The topological polar surface area (TPSA) is 205 Å². The van der Waals surface area contributed by atoms with E-state index in [2.05, 4.69) is 67.9 Å². The number of halogens is 1. The lowest BCUT2D eigenvalue weighted by Crippen LogP contribution is -2.23. The first kappa shape index (κ1) is 41.2. The van der Waals surface area contributed by atoms with Gasteiger partial charge in [-0.15, -0.1) is 0 Å². The monoisotopic (exact) mass is 741 g/mol. The molecule has 0 aliphatic carbocycles. The molecule has 2 aromatic heterocycles. The maximum Gasteiger partial charge on any atom is 0.354 e. The van der Waals surface area contributed by atoms with Crippen molar-refractivity contribution in [3.63, 3.8) is 0 Å². The van der Waals surface area contributed by atoms with Gasteiger partial charge in [0.15, 0.2) is 5.96 Å². The van der Waals surface area contributed by atoms with Crippen molar-refractivity contribution in [2.75, 3.05) is 26.2 Å². The number of nitro benzene ring substituents is 1. The van der Waals surface area contributed by atoms with Gasteiger partial charge in [0.2, 0.25) is 0 Å². The van der Waals surface area contributed by atoms with Crippen molar-refractivity contribution in [2.45, 2.75) is 71.5 Å². The van der Waals surface area contributed by atoms with Gasteiger partial charge < -0.3 is 32.2 Å². The molecule has 0 amide bonds. The summed E-state index contributed by atoms with van der Waals surface area (Å²) in [7, 11) is 0. The second kappa shape index (κ2) is 18.0. The number of nitro groups is 1. The maximum absolute atomic E-state index is 13.4. The Hall–Kier alpha value is -5.60. The second-order valence-electron chi connectivity index (χ2n) is 15.1. The van der Waals surface area contributed by atoms with Crippen LogP contribution in [0.15, 0.2) is 88.8 Å². The van der Waals surface area contributed by atoms with Crippen molar-refractivity contribution in [1.82, 2.24) is 19.9 Å². The zero-order valence-corrected chi connectivity index (χ0v) is 31.9. The fourth-order valence-electron chi connectivity index (χ4n) is 5.32. The minimum absolute atomic E-state index is 0.0352. The summed E-state index contributed by atoms with van der Waals surface area (Å²) in [6.45, 7) is 14.6. The third-order valence-electron chi connectivity index (χ3n) is 8.54. The van der Waals surface area contributed by atoms with E-state index in [0.29, 0.717) is 17.9 Å². The molecule has 0 saturated heterocycles. The Morgan fingerprint density at radius 1 is 1.00 bits per heavy atom. The van der Waals surface area contributed by atoms with E-state index in [4.69, 9.17) is 21.9 Å². The SMILES string of the molecule is CC(C)(C)c1cc(OC[C@H](F)CN)cc(-c2ccc([N+](=O)[O-])cc2)c1.CC(C)(C)c1cc2cn(-c3ccc(CNCCCN=C(N)N)cc3)c(=O)nc2[nH]1. The van der Waals surface area contributed by atoms with Crippen LogP contribution in [-0.2, 0) is 17.4 Å². The van der Waals surface area contributed by atoms with Crippen LogP contribution in [0.3, 0.4) is 0 Å². The van der Waals surface area contributed by atoms with Gasteiger partial charge in [-0.2, -0.15) is 4.98 Å². The third-order valence-corrected chi connectivity index (χ3v) is 8.54. The van der Waals surface area contributed by atoms with Crippen LogP contribution in [0.4, 0.5) is 10.1 Å². The van der Waals surface area contributed by atoms with E-state index in [1.165, 1.54) is 12.1 Å². The first-order valence-corrected chi connectivity index (χ1v) is 17.8. The number of alkyl halides is 1. The minimum Gasteiger partial charge on any atom is -0.490 e. The number of hydrogen-bond donors (Lipinski definition) is 5. The first-order valence-electron chi connectivity index (χ1n) is 17.8. The number of ether oxygens (including phenoxy) is 1. The number of hydrogen-bond acceptors (Lipinski definition) is 8. The Bertz CT molecular complexity index is 2090. The number of aromatic amines is 1. The molecule has 5 rings (SSSR count). The molecule has 5 aromatic rings. The summed E-state index contributed by atoms with van der Waals surface area (Å²) in [5.41, 5.74) is 21.8. The molecule has 0 fully saturated rings. The van der Waals surface area contributed by atoms with Crippen molar-refractivity contribution in [1.29, 1.82) is 0 Å². The van der Waals surface area contributed by atoms with Gasteiger partial charge in [-0.05, 0) is 83.1 Å². The van der Waals surface area contributed by atoms with E-state index < -0.39 is 11.1 Å². The van der Waals surface area contributed by atoms with Crippen molar-refractivity contribution in [3.8, 4) is 22.6 Å². The third kappa shape index (κ3) is 11.7. The Balaban J connectivity index is 0.000000244. The first-order chi connectivity index (χ1) is 25.4. The molecule has 0 aliphatic rings. The number of rotatable bonds is 13. The number of fused-ring (bicyclic) bond motifs is 1. The molecule has 3 aromatic carbocycles. The highest BCUT2D eigenvalue weighted by Gasteiger charge is 2.19. The molecule has 0 spiro atoms. The molecule has 13 nitrogen and oxygen atoms in total. The van der Waals surface area contributed by atoms with Gasteiger partial charge in [0, 0.05) is 54.5 Å². The van der Waals surface area contributed by atoms with Crippen LogP contribution in [0.5, 0.6) is 5.75 Å². The molecule has 2 heterocycles. The fourth-order valence-corrected chi connectivity index (χ4v) is 5.32. The Morgan fingerprint density at radius 3 is 2.28 bits per heavy atom. The molecule has 0 unspecified atom stereocenters. The number of non-ortho nitro benzene ring substituents is 1. The van der Waals surface area contributed by atoms with Crippen LogP contribution < -0.4 is 32.9 Å². The zero-order valence-electron chi connectivity index (χ0n) is 31.9. The van der Waals surface area contributed by atoms with Gasteiger partial charge in [0.05, 0.1) is 10.6 Å². The number of nitrogens with one attached hydrogen (secondary N) is 2. The Kier molecular flexibility index (Phi) is 13.7. The van der Waals surface area contributed by atoms with Gasteiger partial charge in [-0.1, -0.05) is 59.7 Å². The Labute approximate surface area is 315 Å². The van der Waals surface area contributed by atoms with Crippen LogP contribution in [0.25, 0.3) is 27.8 Å². The highest BCUT2D eigenvalue weighted by molar-refractivity contribution is 5.76. The number of aromatic nitrogens is 3. The van der Waals surface area contributed by atoms with Crippen LogP contribution in [-0.4, -0.2) is 57.8 Å². The van der Waals surface area contributed by atoms with E-state index in [1.54, 1.807) is 22.8 Å². The lowest BCUT2D eigenvalue weighted by Gasteiger charge is -2.22. The summed E-state index contributed by atoms with van der Waals surface area (Å²) in [6.07, 6.45) is 1.48. The summed E-state index contributed by atoms with van der Waals surface area (Å²) in [5, 5.41) is 15.1. The van der Waals surface area contributed by atoms with E-state index >= 15 is 0 Å². The van der Waals surface area contributed by atoms with Gasteiger partial charge in [0.1, 0.15) is 24.2 Å². The molecule has 0 bridgehead atoms. The molecule has 288 valence electrons. The van der Waals surface area contributed by atoms with E-state index in [1.807, 2.05) is 42.6 Å². The molecule has 8 N–H and O–H groups in total. The number of nitrogens with zero attached hydrogens (tertiary/aromatic N) is 4. The molecule has 1 atom stereocenters. The molecule has 0 radical (unpaired) electrons. The number of nitrogens with two attached hydrogens (primary N) is 3. The highest BCUT2D eigenvalue weighted by Crippen LogP contribution is 2.33. The number of aliphatic imine (C=N–C) groups is 1. The van der Waals surface area contributed by atoms with Gasteiger partial charge in [-0.25, -0.2) is 9.18 Å². The zero-order chi connectivity index (χ0) is 39.6. The number of benzene rings is 3. The fraction of sp³-hybridized carbons (Fsp3) is 0.375. The molecular formula is C40H52FN9O4.